The smallest absolute Gasteiger partial charge is 0.410 e. The van der Waals surface area contributed by atoms with Gasteiger partial charge in [0.15, 0.2) is 9.84 Å². The van der Waals surface area contributed by atoms with Gasteiger partial charge < -0.3 is 14.5 Å². The van der Waals surface area contributed by atoms with Gasteiger partial charge in [-0.3, -0.25) is 4.79 Å². The molecule has 2 aliphatic heterocycles. The number of nitrogens with zero attached hydrogens (tertiary/aromatic N) is 2. The number of carbonyl (C=O) groups is 2. The van der Waals surface area contributed by atoms with Crippen molar-refractivity contribution >= 4 is 21.8 Å². The van der Waals surface area contributed by atoms with Crippen LogP contribution in [0.15, 0.2) is 0 Å². The third-order valence-electron chi connectivity index (χ3n) is 5.04. The summed E-state index contributed by atoms with van der Waals surface area (Å²) in [6, 6.07) is -0.938. The number of hydrogen-bond acceptors (Lipinski definition) is 5. The Kier molecular flexibility index (Phi) is 4.30. The first-order valence-corrected chi connectivity index (χ1v) is 10.4. The van der Waals surface area contributed by atoms with Gasteiger partial charge in [-0.1, -0.05) is 6.42 Å². The van der Waals surface area contributed by atoms with E-state index in [0.29, 0.717) is 13.1 Å². The Bertz CT molecular complexity index is 635. The molecule has 0 aromatic heterocycles. The molecule has 2 amide bonds. The first kappa shape index (κ1) is 17.5. The van der Waals surface area contributed by atoms with Crippen molar-refractivity contribution in [1.29, 1.82) is 0 Å². The standard InChI is InChI=1S/C16H26N2O5S/c1-16(2,3)23-15(20)18-8-7-17(14(19)11-5-4-6-11)12-9-24(21,22)10-13(12)18/h11-13H,4-10H2,1-3H3/t12-,13-/m1/s1. The largest absolute Gasteiger partial charge is 0.444 e. The molecule has 2 atom stereocenters. The van der Waals surface area contributed by atoms with Crippen LogP contribution in [0.1, 0.15) is 40.0 Å². The molecule has 0 unspecified atom stereocenters. The van der Waals surface area contributed by atoms with Gasteiger partial charge in [-0.15, -0.1) is 0 Å². The van der Waals surface area contributed by atoms with Crippen molar-refractivity contribution < 1.29 is 22.7 Å². The van der Waals surface area contributed by atoms with Gasteiger partial charge in [0.05, 0.1) is 23.6 Å². The molecule has 2 saturated heterocycles. The average molecular weight is 358 g/mol. The third-order valence-corrected chi connectivity index (χ3v) is 6.74. The number of hydrogen-bond donors (Lipinski definition) is 0. The minimum Gasteiger partial charge on any atom is -0.444 e. The summed E-state index contributed by atoms with van der Waals surface area (Å²) in [6.45, 7) is 6.05. The van der Waals surface area contributed by atoms with Crippen molar-refractivity contribution in [3.05, 3.63) is 0 Å². The summed E-state index contributed by atoms with van der Waals surface area (Å²) in [6.07, 6.45) is 2.33. The molecule has 136 valence electrons. The van der Waals surface area contributed by atoms with E-state index in [1.54, 1.807) is 25.7 Å². The Labute approximate surface area is 143 Å². The number of sulfone groups is 1. The van der Waals surface area contributed by atoms with E-state index in [2.05, 4.69) is 0 Å². The third kappa shape index (κ3) is 3.38. The minimum absolute atomic E-state index is 0.0297. The number of fused-ring (bicyclic) bond motifs is 1. The molecule has 2 heterocycles. The molecule has 0 N–H and O–H groups in total. The zero-order valence-corrected chi connectivity index (χ0v) is 15.3. The summed E-state index contributed by atoms with van der Waals surface area (Å²) in [5.74, 6) is -0.0694. The van der Waals surface area contributed by atoms with Gasteiger partial charge in [-0.2, -0.15) is 0 Å². The lowest BCUT2D eigenvalue weighted by Gasteiger charge is -2.45. The highest BCUT2D eigenvalue weighted by molar-refractivity contribution is 7.91. The molecule has 0 bridgehead atoms. The molecule has 24 heavy (non-hydrogen) atoms. The van der Waals surface area contributed by atoms with E-state index < -0.39 is 33.6 Å². The molecule has 7 nitrogen and oxygen atoms in total. The van der Waals surface area contributed by atoms with Crippen molar-refractivity contribution in [2.75, 3.05) is 24.6 Å². The van der Waals surface area contributed by atoms with Crippen LogP contribution in [-0.4, -0.2) is 72.5 Å². The summed E-state index contributed by atoms with van der Waals surface area (Å²) in [4.78, 5) is 28.3. The molecule has 0 radical (unpaired) electrons. The molecule has 3 fully saturated rings. The van der Waals surface area contributed by atoms with Gasteiger partial charge in [-0.05, 0) is 33.6 Å². The highest BCUT2D eigenvalue weighted by Gasteiger charge is 2.51. The molecule has 8 heteroatoms. The minimum atomic E-state index is -3.26. The number of rotatable bonds is 1. The van der Waals surface area contributed by atoms with E-state index in [0.717, 1.165) is 19.3 Å². The maximum absolute atomic E-state index is 12.6. The first-order chi connectivity index (χ1) is 11.1. The summed E-state index contributed by atoms with van der Waals surface area (Å²) < 4.78 is 29.7. The summed E-state index contributed by atoms with van der Waals surface area (Å²) >= 11 is 0. The molecular weight excluding hydrogens is 332 g/mol. The molecule has 1 saturated carbocycles. The van der Waals surface area contributed by atoms with Crippen LogP contribution in [0.4, 0.5) is 4.79 Å². The molecule has 1 aliphatic carbocycles. The number of carbonyl (C=O) groups excluding carboxylic acids is 2. The second kappa shape index (κ2) is 5.89. The topological polar surface area (TPSA) is 84.0 Å². The number of piperazine rings is 1. The lowest BCUT2D eigenvalue weighted by molar-refractivity contribution is -0.144. The van der Waals surface area contributed by atoms with Crippen LogP contribution in [0.5, 0.6) is 0 Å². The average Bonchev–Trinajstić information content (AvgIpc) is 2.67. The van der Waals surface area contributed by atoms with Crippen molar-refractivity contribution in [2.45, 2.75) is 57.7 Å². The monoisotopic (exact) mass is 358 g/mol. The van der Waals surface area contributed by atoms with E-state index in [4.69, 9.17) is 4.74 Å². The lowest BCUT2D eigenvalue weighted by atomic mass is 9.83. The normalized spacial score (nSPS) is 29.8. The van der Waals surface area contributed by atoms with E-state index >= 15 is 0 Å². The van der Waals surface area contributed by atoms with Crippen LogP contribution in [0.3, 0.4) is 0 Å². The highest BCUT2D eigenvalue weighted by atomic mass is 32.2. The van der Waals surface area contributed by atoms with Crippen molar-refractivity contribution in [3.63, 3.8) is 0 Å². The fraction of sp³-hybridized carbons (Fsp3) is 0.875. The number of ether oxygens (including phenoxy) is 1. The Balaban J connectivity index is 1.79. The maximum Gasteiger partial charge on any atom is 0.410 e. The predicted molar refractivity (Wildman–Crippen MR) is 88.2 cm³/mol. The van der Waals surface area contributed by atoms with Crippen LogP contribution in [-0.2, 0) is 19.4 Å². The van der Waals surface area contributed by atoms with E-state index in [1.165, 1.54) is 4.90 Å². The zero-order valence-electron chi connectivity index (χ0n) is 14.5. The van der Waals surface area contributed by atoms with Crippen LogP contribution in [0.25, 0.3) is 0 Å². The second-order valence-electron chi connectivity index (χ2n) is 8.04. The molecule has 0 spiro atoms. The lowest BCUT2D eigenvalue weighted by Crippen LogP contribution is -2.63. The fourth-order valence-electron chi connectivity index (χ4n) is 3.66. The highest BCUT2D eigenvalue weighted by Crippen LogP contribution is 2.33. The van der Waals surface area contributed by atoms with Gasteiger partial charge >= 0.3 is 6.09 Å². The molecule has 3 aliphatic rings. The van der Waals surface area contributed by atoms with Gasteiger partial charge in [0.1, 0.15) is 5.60 Å². The quantitative estimate of drug-likeness (QED) is 0.699. The molecule has 3 rings (SSSR count). The van der Waals surface area contributed by atoms with Gasteiger partial charge in [0.2, 0.25) is 5.91 Å². The Morgan fingerprint density at radius 1 is 1.00 bits per heavy atom. The maximum atomic E-state index is 12.6. The second-order valence-corrected chi connectivity index (χ2v) is 10.2. The summed E-state index contributed by atoms with van der Waals surface area (Å²) in [5.41, 5.74) is -0.636. The van der Waals surface area contributed by atoms with Crippen LogP contribution in [0, 0.1) is 5.92 Å². The van der Waals surface area contributed by atoms with Gasteiger partial charge in [0, 0.05) is 19.0 Å². The van der Waals surface area contributed by atoms with E-state index in [1.807, 2.05) is 0 Å². The SMILES string of the molecule is CC(C)(C)OC(=O)N1CCN(C(=O)C2CCC2)[C@@H]2CS(=O)(=O)C[C@H]21. The van der Waals surface area contributed by atoms with E-state index in [9.17, 15) is 18.0 Å². The fourth-order valence-corrected chi connectivity index (χ4v) is 5.64. The zero-order chi connectivity index (χ0) is 17.7. The molecular formula is C16H26N2O5S. The predicted octanol–water partition coefficient (Wildman–Crippen LogP) is 1.03. The van der Waals surface area contributed by atoms with Crippen LogP contribution >= 0.6 is 0 Å². The van der Waals surface area contributed by atoms with E-state index in [-0.39, 0.29) is 23.3 Å². The Morgan fingerprint density at radius 3 is 2.04 bits per heavy atom. The molecule has 0 aromatic carbocycles. The molecule has 0 aromatic rings. The number of amides is 2. The first-order valence-electron chi connectivity index (χ1n) is 8.58. The Morgan fingerprint density at radius 2 is 1.54 bits per heavy atom. The summed E-state index contributed by atoms with van der Waals surface area (Å²) in [5, 5.41) is 0. The van der Waals surface area contributed by atoms with Crippen molar-refractivity contribution in [2.24, 2.45) is 5.92 Å². The van der Waals surface area contributed by atoms with Crippen molar-refractivity contribution in [3.8, 4) is 0 Å². The van der Waals surface area contributed by atoms with Gasteiger partial charge in [-0.25, -0.2) is 13.2 Å². The Hall–Kier alpha value is -1.31. The van der Waals surface area contributed by atoms with Crippen LogP contribution in [0.2, 0.25) is 0 Å². The van der Waals surface area contributed by atoms with Gasteiger partial charge in [0.25, 0.3) is 0 Å². The van der Waals surface area contributed by atoms with Crippen LogP contribution < -0.4 is 0 Å². The summed E-state index contributed by atoms with van der Waals surface area (Å²) in [7, 11) is -3.26. The van der Waals surface area contributed by atoms with Crippen molar-refractivity contribution in [1.82, 2.24) is 9.80 Å².